The third-order valence-electron chi connectivity index (χ3n) is 2.81. The van der Waals surface area contributed by atoms with Crippen LogP contribution in [0.15, 0.2) is 24.3 Å². The number of hydrogen-bond acceptors (Lipinski definition) is 3. The van der Waals surface area contributed by atoms with Crippen molar-refractivity contribution in [2.24, 2.45) is 0 Å². The molecule has 0 radical (unpaired) electrons. The van der Waals surface area contributed by atoms with Crippen LogP contribution in [0.3, 0.4) is 0 Å². The number of nitrogens with one attached hydrogen (secondary N) is 1. The molecule has 0 unspecified atom stereocenters. The van der Waals surface area contributed by atoms with Gasteiger partial charge in [-0.25, -0.2) is 13.1 Å². The van der Waals surface area contributed by atoms with Gasteiger partial charge in [-0.2, -0.15) is 0 Å². The molecule has 1 N–H and O–H groups in total. The average Bonchev–Trinajstić information content (AvgIpc) is 2.37. The summed E-state index contributed by atoms with van der Waals surface area (Å²) in [5, 5.41) is 0. The molecule has 0 aromatic heterocycles. The van der Waals surface area contributed by atoms with Crippen molar-refractivity contribution in [1.29, 1.82) is 0 Å². The predicted octanol–water partition coefficient (Wildman–Crippen LogP) is 2.87. The Kier molecular flexibility index (Phi) is 6.31. The second kappa shape index (κ2) is 7.50. The first-order valence-corrected chi connectivity index (χ1v) is 8.36. The molecule has 19 heavy (non-hydrogen) atoms. The highest BCUT2D eigenvalue weighted by molar-refractivity contribution is 7.89. The van der Waals surface area contributed by atoms with E-state index < -0.39 is 10.0 Å². The number of benzene rings is 1. The summed E-state index contributed by atoms with van der Waals surface area (Å²) >= 11 is 0. The molecular formula is C14H23NO3S. The quantitative estimate of drug-likeness (QED) is 0.799. The molecule has 0 aliphatic rings. The van der Waals surface area contributed by atoms with E-state index in [1.807, 2.05) is 45.0 Å². The summed E-state index contributed by atoms with van der Waals surface area (Å²) in [6.07, 6.45) is 1.56. The number of rotatable bonds is 8. The lowest BCUT2D eigenvalue weighted by atomic mass is 10.1. The minimum atomic E-state index is -3.19. The Labute approximate surface area is 116 Å². The molecule has 1 rings (SSSR count). The molecule has 5 heteroatoms. The average molecular weight is 285 g/mol. The topological polar surface area (TPSA) is 55.4 Å². The highest BCUT2D eigenvalue weighted by atomic mass is 32.2. The van der Waals surface area contributed by atoms with E-state index in [9.17, 15) is 8.42 Å². The van der Waals surface area contributed by atoms with Gasteiger partial charge in [0, 0.05) is 6.04 Å². The third kappa shape index (κ3) is 5.61. The minimum absolute atomic E-state index is 0.185. The van der Waals surface area contributed by atoms with Crippen LogP contribution >= 0.6 is 0 Å². The molecule has 108 valence electrons. The molecule has 0 heterocycles. The van der Waals surface area contributed by atoms with Crippen molar-refractivity contribution in [2.75, 3.05) is 12.4 Å². The summed E-state index contributed by atoms with van der Waals surface area (Å²) in [5.74, 6) is 0.984. The fraction of sp³-hybridized carbons (Fsp3) is 0.571. The number of ether oxygens (including phenoxy) is 1. The molecule has 0 saturated carbocycles. The first kappa shape index (κ1) is 16.0. The largest absolute Gasteiger partial charge is 0.494 e. The fourth-order valence-electron chi connectivity index (χ4n) is 1.75. The summed E-state index contributed by atoms with van der Waals surface area (Å²) in [7, 11) is -3.19. The summed E-state index contributed by atoms with van der Waals surface area (Å²) in [6.45, 7) is 6.38. The summed E-state index contributed by atoms with van der Waals surface area (Å²) in [6, 6.07) is 7.26. The van der Waals surface area contributed by atoms with E-state index >= 15 is 0 Å². The van der Waals surface area contributed by atoms with Crippen LogP contribution in [0.1, 0.15) is 45.2 Å². The lowest BCUT2D eigenvalue weighted by Gasteiger charge is -2.15. The van der Waals surface area contributed by atoms with E-state index in [1.165, 1.54) is 0 Å². The van der Waals surface area contributed by atoms with Crippen molar-refractivity contribution in [2.45, 2.75) is 39.7 Å². The van der Waals surface area contributed by atoms with Gasteiger partial charge >= 0.3 is 0 Å². The van der Waals surface area contributed by atoms with Crippen molar-refractivity contribution in [3.63, 3.8) is 0 Å². The zero-order valence-corrected chi connectivity index (χ0v) is 12.7. The van der Waals surface area contributed by atoms with Crippen LogP contribution in [0.25, 0.3) is 0 Å². The van der Waals surface area contributed by atoms with Gasteiger partial charge in [-0.1, -0.05) is 25.5 Å². The Morgan fingerprint density at radius 1 is 1.21 bits per heavy atom. The van der Waals surface area contributed by atoms with Gasteiger partial charge in [0.1, 0.15) is 5.75 Å². The maximum atomic E-state index is 11.8. The Morgan fingerprint density at radius 3 is 2.37 bits per heavy atom. The van der Waals surface area contributed by atoms with Crippen LogP contribution in [0, 0.1) is 0 Å². The Bertz CT molecular complexity index is 468. The maximum Gasteiger partial charge on any atom is 0.212 e. The fourth-order valence-corrected chi connectivity index (χ4v) is 3.21. The molecule has 1 aromatic carbocycles. The Hall–Kier alpha value is -1.07. The Balaban J connectivity index is 2.64. The molecular weight excluding hydrogens is 262 g/mol. The van der Waals surface area contributed by atoms with Gasteiger partial charge in [-0.05, 0) is 38.0 Å². The van der Waals surface area contributed by atoms with Crippen molar-refractivity contribution >= 4 is 10.0 Å². The van der Waals surface area contributed by atoms with Crippen molar-refractivity contribution in [3.05, 3.63) is 29.8 Å². The number of unbranched alkanes of at least 4 members (excludes halogenated alkanes) is 1. The first-order valence-electron chi connectivity index (χ1n) is 6.71. The van der Waals surface area contributed by atoms with Crippen molar-refractivity contribution in [3.8, 4) is 5.75 Å². The highest BCUT2D eigenvalue weighted by Gasteiger charge is 2.15. The zero-order chi connectivity index (χ0) is 14.3. The van der Waals surface area contributed by atoms with Crippen molar-refractivity contribution < 1.29 is 13.2 Å². The second-order valence-electron chi connectivity index (χ2n) is 4.51. The summed E-state index contributed by atoms with van der Waals surface area (Å²) in [4.78, 5) is 0. The van der Waals surface area contributed by atoms with Crippen LogP contribution in [-0.2, 0) is 10.0 Å². The van der Waals surface area contributed by atoms with Crippen molar-refractivity contribution in [1.82, 2.24) is 4.72 Å². The maximum absolute atomic E-state index is 11.8. The van der Waals surface area contributed by atoms with Gasteiger partial charge in [-0.15, -0.1) is 0 Å². The number of hydrogen-bond donors (Lipinski definition) is 1. The lowest BCUT2D eigenvalue weighted by Crippen LogP contribution is -2.29. The zero-order valence-electron chi connectivity index (χ0n) is 11.8. The normalized spacial score (nSPS) is 13.2. The molecule has 0 aliphatic heterocycles. The Morgan fingerprint density at radius 2 is 1.84 bits per heavy atom. The van der Waals surface area contributed by atoms with Crippen LogP contribution in [0.2, 0.25) is 0 Å². The van der Waals surface area contributed by atoms with Gasteiger partial charge in [0.2, 0.25) is 10.0 Å². The monoisotopic (exact) mass is 285 g/mol. The van der Waals surface area contributed by atoms with Gasteiger partial charge < -0.3 is 4.74 Å². The molecule has 0 fully saturated rings. The van der Waals surface area contributed by atoms with Crippen LogP contribution < -0.4 is 9.46 Å². The van der Waals surface area contributed by atoms with E-state index in [2.05, 4.69) is 4.72 Å². The van der Waals surface area contributed by atoms with Crippen LogP contribution in [-0.4, -0.2) is 20.8 Å². The molecule has 1 atom stereocenters. The smallest absolute Gasteiger partial charge is 0.212 e. The lowest BCUT2D eigenvalue weighted by molar-refractivity contribution is 0.340. The number of sulfonamides is 1. The first-order chi connectivity index (χ1) is 8.98. The standard InChI is InChI=1S/C14H23NO3S/c1-4-6-11-19(16,17)15-12(3)13-7-9-14(10-8-13)18-5-2/h7-10,12,15H,4-6,11H2,1-3H3/t12-/m1/s1. The highest BCUT2D eigenvalue weighted by Crippen LogP contribution is 2.18. The van der Waals surface area contributed by atoms with Gasteiger partial charge in [0.05, 0.1) is 12.4 Å². The van der Waals surface area contributed by atoms with E-state index in [1.54, 1.807) is 0 Å². The third-order valence-corrected chi connectivity index (χ3v) is 4.35. The molecule has 1 aromatic rings. The molecule has 0 bridgehead atoms. The van der Waals surface area contributed by atoms with Gasteiger partial charge in [-0.3, -0.25) is 0 Å². The molecule has 0 saturated heterocycles. The minimum Gasteiger partial charge on any atom is -0.494 e. The van der Waals surface area contributed by atoms with E-state index in [0.717, 1.165) is 17.7 Å². The summed E-state index contributed by atoms with van der Waals surface area (Å²) in [5.41, 5.74) is 0.934. The SMILES string of the molecule is CCCCS(=O)(=O)N[C@H](C)c1ccc(OCC)cc1. The van der Waals surface area contributed by atoms with Crippen LogP contribution in [0.5, 0.6) is 5.75 Å². The van der Waals surface area contributed by atoms with Gasteiger partial charge in [0.25, 0.3) is 0 Å². The molecule has 0 amide bonds. The van der Waals surface area contributed by atoms with E-state index in [4.69, 9.17) is 4.74 Å². The van der Waals surface area contributed by atoms with E-state index in [-0.39, 0.29) is 11.8 Å². The molecule has 4 nitrogen and oxygen atoms in total. The van der Waals surface area contributed by atoms with Gasteiger partial charge in [0.15, 0.2) is 0 Å². The summed E-state index contributed by atoms with van der Waals surface area (Å²) < 4.78 is 31.7. The van der Waals surface area contributed by atoms with E-state index in [0.29, 0.717) is 13.0 Å². The molecule has 0 spiro atoms. The predicted molar refractivity (Wildman–Crippen MR) is 77.9 cm³/mol. The molecule has 0 aliphatic carbocycles. The second-order valence-corrected chi connectivity index (χ2v) is 6.39. The van der Waals surface area contributed by atoms with Crippen LogP contribution in [0.4, 0.5) is 0 Å².